The van der Waals surface area contributed by atoms with E-state index in [0.29, 0.717) is 41.4 Å². The highest BCUT2D eigenvalue weighted by molar-refractivity contribution is 8.15. The van der Waals surface area contributed by atoms with Crippen LogP contribution in [-0.4, -0.2) is 32.5 Å². The third-order valence-corrected chi connectivity index (χ3v) is 5.75. The second-order valence-electron chi connectivity index (χ2n) is 6.80. The summed E-state index contributed by atoms with van der Waals surface area (Å²) in [5.41, 5.74) is 1.62. The number of carbonyl (C=O) groups is 1. The van der Waals surface area contributed by atoms with Gasteiger partial charge in [-0.2, -0.15) is 4.99 Å². The molecule has 0 bridgehead atoms. The average molecular weight is 423 g/mol. The summed E-state index contributed by atoms with van der Waals surface area (Å²) >= 11 is 1.18. The van der Waals surface area contributed by atoms with Gasteiger partial charge in [-0.25, -0.2) is 4.98 Å². The van der Waals surface area contributed by atoms with Crippen LogP contribution in [0, 0.1) is 0 Å². The van der Waals surface area contributed by atoms with Crippen LogP contribution in [-0.2, 0) is 24.8 Å². The zero-order valence-electron chi connectivity index (χ0n) is 16.7. The molecule has 2 aromatic carbocycles. The summed E-state index contributed by atoms with van der Waals surface area (Å²) in [6.45, 7) is 2.55. The average Bonchev–Trinajstić information content (AvgIpc) is 3.09. The van der Waals surface area contributed by atoms with Gasteiger partial charge in [0.15, 0.2) is 0 Å². The van der Waals surface area contributed by atoms with E-state index in [4.69, 9.17) is 9.47 Å². The van der Waals surface area contributed by atoms with Gasteiger partial charge in [0.2, 0.25) is 5.90 Å². The number of para-hydroxylation sites is 1. The maximum Gasteiger partial charge on any atom is 0.308 e. The second kappa shape index (κ2) is 8.71. The van der Waals surface area contributed by atoms with Gasteiger partial charge >= 0.3 is 5.24 Å². The van der Waals surface area contributed by atoms with Crippen molar-refractivity contribution in [3.8, 4) is 5.75 Å². The summed E-state index contributed by atoms with van der Waals surface area (Å²) in [4.78, 5) is 32.5. The third-order valence-electron chi connectivity index (χ3n) is 4.80. The van der Waals surface area contributed by atoms with E-state index in [-0.39, 0.29) is 22.7 Å². The topological polar surface area (TPSA) is 82.8 Å². The SMILES string of the molecule is CCOC1=NC(=O)SC1Cc1ccc(OCc2nc3ccccc3c(=O)n2C)cc1. The molecule has 0 saturated carbocycles. The van der Waals surface area contributed by atoms with Crippen molar-refractivity contribution in [2.45, 2.75) is 25.2 Å². The summed E-state index contributed by atoms with van der Waals surface area (Å²) in [7, 11) is 1.70. The number of rotatable bonds is 6. The lowest BCUT2D eigenvalue weighted by atomic mass is 10.1. The first-order chi connectivity index (χ1) is 14.5. The Hall–Kier alpha value is -3.13. The molecule has 1 amide bonds. The van der Waals surface area contributed by atoms with Gasteiger partial charge in [-0.1, -0.05) is 24.3 Å². The molecular formula is C22H21N3O4S. The molecular weight excluding hydrogens is 402 g/mol. The molecule has 1 atom stereocenters. The zero-order valence-corrected chi connectivity index (χ0v) is 17.5. The summed E-state index contributed by atoms with van der Waals surface area (Å²) in [5, 5.41) is 0.281. The van der Waals surface area contributed by atoms with Gasteiger partial charge in [-0.3, -0.25) is 14.2 Å². The van der Waals surface area contributed by atoms with Crippen molar-refractivity contribution in [2.24, 2.45) is 12.0 Å². The van der Waals surface area contributed by atoms with Crippen molar-refractivity contribution in [1.29, 1.82) is 0 Å². The molecule has 1 unspecified atom stereocenters. The number of nitrogens with zero attached hydrogens (tertiary/aromatic N) is 3. The number of aliphatic imine (C=N–C) groups is 1. The minimum Gasteiger partial charge on any atom is -0.486 e. The van der Waals surface area contributed by atoms with E-state index < -0.39 is 0 Å². The molecule has 8 heteroatoms. The summed E-state index contributed by atoms with van der Waals surface area (Å²) in [6.07, 6.45) is 0.649. The van der Waals surface area contributed by atoms with Crippen LogP contribution in [0.2, 0.25) is 0 Å². The van der Waals surface area contributed by atoms with Crippen LogP contribution in [0.1, 0.15) is 18.3 Å². The van der Waals surface area contributed by atoms with E-state index in [0.717, 1.165) is 5.56 Å². The molecule has 1 aromatic heterocycles. The lowest BCUT2D eigenvalue weighted by molar-refractivity contribution is 0.266. The smallest absolute Gasteiger partial charge is 0.308 e. The standard InChI is InChI=1S/C22H21N3O4S/c1-3-28-20-18(30-22(27)24-20)12-14-8-10-15(11-9-14)29-13-19-23-17-7-5-4-6-16(17)21(26)25(19)2/h4-11,18H,3,12-13H2,1-2H3. The molecule has 0 fully saturated rings. The van der Waals surface area contributed by atoms with E-state index in [1.54, 1.807) is 13.1 Å². The number of thioether (sulfide) groups is 1. The van der Waals surface area contributed by atoms with Crippen molar-refractivity contribution < 1.29 is 14.3 Å². The molecule has 4 rings (SSSR count). The van der Waals surface area contributed by atoms with Crippen LogP contribution in [0.5, 0.6) is 5.75 Å². The van der Waals surface area contributed by atoms with Crippen molar-refractivity contribution >= 4 is 33.8 Å². The Kier molecular flexibility index (Phi) is 5.85. The first-order valence-corrected chi connectivity index (χ1v) is 10.5. The molecule has 0 spiro atoms. The van der Waals surface area contributed by atoms with E-state index in [1.807, 2.05) is 49.4 Å². The van der Waals surface area contributed by atoms with E-state index in [9.17, 15) is 9.59 Å². The molecule has 2 heterocycles. The fraction of sp³-hybridized carbons (Fsp3) is 0.273. The minimum atomic E-state index is -0.211. The molecule has 1 aliphatic rings. The maximum absolute atomic E-state index is 12.5. The van der Waals surface area contributed by atoms with Gasteiger partial charge in [0.05, 0.1) is 22.8 Å². The van der Waals surface area contributed by atoms with Crippen molar-refractivity contribution in [2.75, 3.05) is 6.61 Å². The van der Waals surface area contributed by atoms with E-state index in [1.165, 1.54) is 16.3 Å². The Labute approximate surface area is 177 Å². The van der Waals surface area contributed by atoms with Crippen LogP contribution < -0.4 is 10.3 Å². The highest BCUT2D eigenvalue weighted by atomic mass is 32.2. The van der Waals surface area contributed by atoms with Crippen LogP contribution in [0.15, 0.2) is 58.3 Å². The number of benzene rings is 2. The number of ether oxygens (including phenoxy) is 2. The Morgan fingerprint density at radius 3 is 2.60 bits per heavy atom. The molecule has 0 saturated heterocycles. The van der Waals surface area contributed by atoms with E-state index in [2.05, 4.69) is 9.98 Å². The molecule has 0 aliphatic carbocycles. The number of hydrogen-bond donors (Lipinski definition) is 0. The summed E-state index contributed by atoms with van der Waals surface area (Å²) < 4.78 is 12.8. The molecule has 3 aromatic rings. The fourth-order valence-electron chi connectivity index (χ4n) is 3.24. The van der Waals surface area contributed by atoms with Crippen molar-refractivity contribution in [3.05, 3.63) is 70.3 Å². The van der Waals surface area contributed by atoms with Crippen LogP contribution >= 0.6 is 11.8 Å². The maximum atomic E-state index is 12.5. The minimum absolute atomic E-state index is 0.0927. The molecule has 0 radical (unpaired) electrons. The third kappa shape index (κ3) is 4.23. The lowest BCUT2D eigenvalue weighted by Crippen LogP contribution is -2.23. The number of carbonyl (C=O) groups excluding carboxylic acids is 1. The first-order valence-electron chi connectivity index (χ1n) is 9.63. The molecule has 154 valence electrons. The predicted octanol–water partition coefficient (Wildman–Crippen LogP) is 3.73. The number of fused-ring (bicyclic) bond motifs is 1. The Balaban J connectivity index is 1.43. The Morgan fingerprint density at radius 2 is 1.83 bits per heavy atom. The number of amides is 1. The number of hydrogen-bond acceptors (Lipinski definition) is 6. The zero-order chi connectivity index (χ0) is 21.1. The highest BCUT2D eigenvalue weighted by Crippen LogP contribution is 2.27. The van der Waals surface area contributed by atoms with Gasteiger partial charge in [0, 0.05) is 7.05 Å². The molecule has 7 nitrogen and oxygen atoms in total. The van der Waals surface area contributed by atoms with Gasteiger partial charge < -0.3 is 9.47 Å². The van der Waals surface area contributed by atoms with Crippen LogP contribution in [0.3, 0.4) is 0 Å². The quantitative estimate of drug-likeness (QED) is 0.601. The van der Waals surface area contributed by atoms with Crippen LogP contribution in [0.4, 0.5) is 4.79 Å². The molecule has 30 heavy (non-hydrogen) atoms. The monoisotopic (exact) mass is 423 g/mol. The van der Waals surface area contributed by atoms with Crippen molar-refractivity contribution in [3.63, 3.8) is 0 Å². The normalized spacial score (nSPS) is 16.0. The highest BCUT2D eigenvalue weighted by Gasteiger charge is 2.29. The van der Waals surface area contributed by atoms with Gasteiger partial charge in [-0.15, -0.1) is 0 Å². The van der Waals surface area contributed by atoms with Gasteiger partial charge in [0.25, 0.3) is 5.56 Å². The first kappa shape index (κ1) is 20.2. The summed E-state index contributed by atoms with van der Waals surface area (Å²) in [5.74, 6) is 1.73. The fourth-order valence-corrected chi connectivity index (χ4v) is 4.12. The largest absolute Gasteiger partial charge is 0.486 e. The van der Waals surface area contributed by atoms with Crippen LogP contribution in [0.25, 0.3) is 10.9 Å². The number of aromatic nitrogens is 2. The second-order valence-corrected chi connectivity index (χ2v) is 7.96. The molecule has 1 aliphatic heterocycles. The van der Waals surface area contributed by atoms with E-state index >= 15 is 0 Å². The predicted molar refractivity (Wildman–Crippen MR) is 117 cm³/mol. The van der Waals surface area contributed by atoms with Gasteiger partial charge in [-0.05, 0) is 54.9 Å². The molecule has 0 N–H and O–H groups in total. The summed E-state index contributed by atoms with van der Waals surface area (Å²) in [6, 6.07) is 14.9. The Morgan fingerprint density at radius 1 is 1.07 bits per heavy atom. The van der Waals surface area contributed by atoms with Gasteiger partial charge in [0.1, 0.15) is 18.2 Å². The van der Waals surface area contributed by atoms with Crippen molar-refractivity contribution in [1.82, 2.24) is 9.55 Å². The lowest BCUT2D eigenvalue weighted by Gasteiger charge is -2.13. The Bertz CT molecular complexity index is 1170.